The van der Waals surface area contributed by atoms with Gasteiger partial charge >= 0.3 is 0 Å². The minimum absolute atomic E-state index is 0.443. The summed E-state index contributed by atoms with van der Waals surface area (Å²) in [4.78, 5) is 0. The van der Waals surface area contributed by atoms with E-state index in [0.717, 1.165) is 17.8 Å². The first-order valence-electron chi connectivity index (χ1n) is 9.49. The molecule has 0 saturated heterocycles. The largest absolute Gasteiger partial charge is 0.375 e. The molecule has 1 fully saturated rings. The van der Waals surface area contributed by atoms with Gasteiger partial charge < -0.3 is 4.74 Å². The van der Waals surface area contributed by atoms with E-state index in [9.17, 15) is 0 Å². The van der Waals surface area contributed by atoms with Crippen LogP contribution < -0.4 is 0 Å². The molecule has 21 heavy (non-hydrogen) atoms. The fraction of sp³-hybridized carbons (Fsp3) is 0.900. The van der Waals surface area contributed by atoms with Gasteiger partial charge in [-0.05, 0) is 69.6 Å². The Balaban J connectivity index is 1.70. The number of hydrogen-bond donors (Lipinski definition) is 0. The molecule has 0 aromatic carbocycles. The highest BCUT2D eigenvalue weighted by Gasteiger charge is 2.29. The standard InChI is InChI=1S/C20H36O/c1-4-8-16(2)20(15-19-13-14-19)21-17(3)11-12-18-9-6-5-7-10-18/h5-6,16-20H,4,7-15H2,1-3H3/t16-,17?,18?,20?/m1/s1. The maximum Gasteiger partial charge on any atom is 0.0606 e. The van der Waals surface area contributed by atoms with Crippen LogP contribution in [0.15, 0.2) is 12.2 Å². The Morgan fingerprint density at radius 3 is 2.48 bits per heavy atom. The summed E-state index contributed by atoms with van der Waals surface area (Å²) in [5, 5.41) is 0. The van der Waals surface area contributed by atoms with E-state index in [0.29, 0.717) is 12.2 Å². The van der Waals surface area contributed by atoms with Crippen molar-refractivity contribution in [3.05, 3.63) is 12.2 Å². The predicted octanol–water partition coefficient (Wildman–Crippen LogP) is 6.13. The molecule has 0 bridgehead atoms. The third-order valence-corrected chi connectivity index (χ3v) is 5.41. The Bertz CT molecular complexity index is 305. The molecular formula is C20H36O. The maximum absolute atomic E-state index is 6.49. The van der Waals surface area contributed by atoms with Crippen LogP contribution in [-0.2, 0) is 4.74 Å². The highest BCUT2D eigenvalue weighted by molar-refractivity contribution is 4.90. The Morgan fingerprint density at radius 1 is 1.05 bits per heavy atom. The van der Waals surface area contributed by atoms with E-state index in [4.69, 9.17) is 4.74 Å². The molecule has 1 heteroatoms. The average Bonchev–Trinajstić information content (AvgIpc) is 3.30. The number of ether oxygens (including phenoxy) is 1. The molecule has 4 atom stereocenters. The van der Waals surface area contributed by atoms with E-state index in [1.807, 2.05) is 0 Å². The fourth-order valence-corrected chi connectivity index (χ4v) is 3.70. The van der Waals surface area contributed by atoms with Crippen molar-refractivity contribution in [1.82, 2.24) is 0 Å². The second-order valence-corrected chi connectivity index (χ2v) is 7.66. The first-order chi connectivity index (χ1) is 10.2. The molecule has 1 saturated carbocycles. The first kappa shape index (κ1) is 17.1. The molecule has 0 aliphatic heterocycles. The normalized spacial score (nSPS) is 26.5. The molecule has 3 unspecified atom stereocenters. The first-order valence-corrected chi connectivity index (χ1v) is 9.49. The summed E-state index contributed by atoms with van der Waals surface area (Å²) in [6.45, 7) is 7.00. The van der Waals surface area contributed by atoms with Crippen LogP contribution in [0.2, 0.25) is 0 Å². The highest BCUT2D eigenvalue weighted by atomic mass is 16.5. The highest BCUT2D eigenvalue weighted by Crippen LogP contribution is 2.37. The van der Waals surface area contributed by atoms with Gasteiger partial charge in [0.05, 0.1) is 12.2 Å². The number of hydrogen-bond acceptors (Lipinski definition) is 1. The van der Waals surface area contributed by atoms with Crippen molar-refractivity contribution in [1.29, 1.82) is 0 Å². The average molecular weight is 293 g/mol. The predicted molar refractivity (Wildman–Crippen MR) is 91.5 cm³/mol. The monoisotopic (exact) mass is 292 g/mol. The van der Waals surface area contributed by atoms with Gasteiger partial charge in [0.2, 0.25) is 0 Å². The molecule has 0 radical (unpaired) electrons. The van der Waals surface area contributed by atoms with Crippen molar-refractivity contribution in [3.63, 3.8) is 0 Å². The van der Waals surface area contributed by atoms with Crippen molar-refractivity contribution in [2.45, 2.75) is 97.2 Å². The molecule has 0 aromatic rings. The van der Waals surface area contributed by atoms with Crippen LogP contribution in [-0.4, -0.2) is 12.2 Å². The van der Waals surface area contributed by atoms with Crippen molar-refractivity contribution < 1.29 is 4.74 Å². The molecule has 0 heterocycles. The lowest BCUT2D eigenvalue weighted by Crippen LogP contribution is -2.27. The van der Waals surface area contributed by atoms with Crippen LogP contribution >= 0.6 is 0 Å². The molecular weight excluding hydrogens is 256 g/mol. The molecule has 2 aliphatic rings. The van der Waals surface area contributed by atoms with E-state index in [-0.39, 0.29) is 0 Å². The van der Waals surface area contributed by atoms with Crippen molar-refractivity contribution >= 4 is 0 Å². The molecule has 2 rings (SSSR count). The van der Waals surface area contributed by atoms with Crippen molar-refractivity contribution in [2.24, 2.45) is 17.8 Å². The topological polar surface area (TPSA) is 9.23 Å². The van der Waals surface area contributed by atoms with Gasteiger partial charge in [0.25, 0.3) is 0 Å². The van der Waals surface area contributed by atoms with E-state index < -0.39 is 0 Å². The van der Waals surface area contributed by atoms with Gasteiger partial charge in [0.1, 0.15) is 0 Å². The lowest BCUT2D eigenvalue weighted by molar-refractivity contribution is -0.0448. The van der Waals surface area contributed by atoms with Crippen LogP contribution in [0.3, 0.4) is 0 Å². The molecule has 1 nitrogen and oxygen atoms in total. The Morgan fingerprint density at radius 2 is 1.86 bits per heavy atom. The smallest absolute Gasteiger partial charge is 0.0606 e. The molecule has 2 aliphatic carbocycles. The van der Waals surface area contributed by atoms with Crippen LogP contribution in [0, 0.1) is 17.8 Å². The third kappa shape index (κ3) is 6.55. The second-order valence-electron chi connectivity index (χ2n) is 7.66. The molecule has 0 N–H and O–H groups in total. The third-order valence-electron chi connectivity index (χ3n) is 5.41. The van der Waals surface area contributed by atoms with E-state index in [1.165, 1.54) is 64.2 Å². The summed E-state index contributed by atoms with van der Waals surface area (Å²) in [5.74, 6) is 2.62. The fourth-order valence-electron chi connectivity index (χ4n) is 3.70. The minimum atomic E-state index is 0.443. The second kappa shape index (κ2) is 8.98. The van der Waals surface area contributed by atoms with E-state index in [1.54, 1.807) is 0 Å². The molecule has 0 amide bonds. The van der Waals surface area contributed by atoms with Gasteiger partial charge in [-0.3, -0.25) is 0 Å². The van der Waals surface area contributed by atoms with Gasteiger partial charge in [-0.15, -0.1) is 0 Å². The molecule has 122 valence electrons. The summed E-state index contributed by atoms with van der Waals surface area (Å²) in [6.07, 6.45) is 19.1. The maximum atomic E-state index is 6.49. The summed E-state index contributed by atoms with van der Waals surface area (Å²) in [6, 6.07) is 0. The molecule has 0 spiro atoms. The zero-order valence-corrected chi connectivity index (χ0v) is 14.5. The summed E-state index contributed by atoms with van der Waals surface area (Å²) < 4.78 is 6.49. The van der Waals surface area contributed by atoms with Crippen molar-refractivity contribution in [3.8, 4) is 0 Å². The van der Waals surface area contributed by atoms with Crippen LogP contribution in [0.5, 0.6) is 0 Å². The lowest BCUT2D eigenvalue weighted by atomic mass is 9.89. The number of rotatable bonds is 10. The minimum Gasteiger partial charge on any atom is -0.375 e. The lowest BCUT2D eigenvalue weighted by Gasteiger charge is -2.29. The zero-order valence-electron chi connectivity index (χ0n) is 14.5. The van der Waals surface area contributed by atoms with Crippen LogP contribution in [0.1, 0.15) is 85.0 Å². The van der Waals surface area contributed by atoms with Gasteiger partial charge in [-0.2, -0.15) is 0 Å². The van der Waals surface area contributed by atoms with Crippen molar-refractivity contribution in [2.75, 3.05) is 0 Å². The van der Waals surface area contributed by atoms with E-state index >= 15 is 0 Å². The van der Waals surface area contributed by atoms with Gasteiger partial charge in [0, 0.05) is 0 Å². The summed E-state index contributed by atoms with van der Waals surface area (Å²) in [7, 11) is 0. The SMILES string of the molecule is CCC[C@@H](C)C(CC1CC1)OC(C)CCC1CC=CCC1. The summed E-state index contributed by atoms with van der Waals surface area (Å²) in [5.41, 5.74) is 0. The molecule has 0 aromatic heterocycles. The number of allylic oxidation sites excluding steroid dienone is 2. The Hall–Kier alpha value is -0.300. The quantitative estimate of drug-likeness (QED) is 0.440. The van der Waals surface area contributed by atoms with Gasteiger partial charge in [0.15, 0.2) is 0 Å². The van der Waals surface area contributed by atoms with Gasteiger partial charge in [-0.25, -0.2) is 0 Å². The zero-order chi connectivity index (χ0) is 15.1. The Labute approximate surface area is 132 Å². The van der Waals surface area contributed by atoms with Crippen LogP contribution in [0.4, 0.5) is 0 Å². The Kier molecular flexibility index (Phi) is 7.29. The van der Waals surface area contributed by atoms with E-state index in [2.05, 4.69) is 32.9 Å². The van der Waals surface area contributed by atoms with Gasteiger partial charge in [-0.1, -0.05) is 45.3 Å². The van der Waals surface area contributed by atoms with Crippen LogP contribution in [0.25, 0.3) is 0 Å². The summed E-state index contributed by atoms with van der Waals surface area (Å²) >= 11 is 0.